The van der Waals surface area contributed by atoms with Crippen molar-refractivity contribution in [2.24, 2.45) is 0 Å². The Morgan fingerprint density at radius 2 is 2.50 bits per heavy atom. The van der Waals surface area contributed by atoms with Crippen LogP contribution in [0.1, 0.15) is 5.69 Å². The highest BCUT2D eigenvalue weighted by atomic mass is 16.3. The molecule has 0 bridgehead atoms. The smallest absolute Gasteiger partial charge is 0.0832 e. The van der Waals surface area contributed by atoms with E-state index in [2.05, 4.69) is 6.58 Å². The minimum absolute atomic E-state index is 0.0981. The van der Waals surface area contributed by atoms with E-state index in [9.17, 15) is 0 Å². The largest absolute Gasteiger partial charge is 0.390 e. The molecule has 1 heterocycles. The summed E-state index contributed by atoms with van der Waals surface area (Å²) in [6, 6.07) is 3.80. The molecule has 1 aromatic heterocycles. The van der Waals surface area contributed by atoms with Gasteiger partial charge in [0, 0.05) is 18.4 Å². The van der Waals surface area contributed by atoms with Gasteiger partial charge in [0.2, 0.25) is 0 Å². The van der Waals surface area contributed by atoms with E-state index >= 15 is 0 Å². The van der Waals surface area contributed by atoms with Gasteiger partial charge in [-0.1, -0.05) is 6.08 Å². The molecule has 1 aromatic rings. The first kappa shape index (κ1) is 7.09. The number of nitrogens with zero attached hydrogens (tertiary/aromatic N) is 1. The lowest BCUT2D eigenvalue weighted by Gasteiger charge is -2.01. The molecule has 2 nitrogen and oxygen atoms in total. The van der Waals surface area contributed by atoms with Crippen LogP contribution in [0.3, 0.4) is 0 Å². The summed E-state index contributed by atoms with van der Waals surface area (Å²) < 4.78 is 1.95. The lowest BCUT2D eigenvalue weighted by Crippen LogP contribution is -1.98. The van der Waals surface area contributed by atoms with Crippen LogP contribution in [-0.2, 0) is 13.2 Å². The zero-order chi connectivity index (χ0) is 7.40. The lowest BCUT2D eigenvalue weighted by molar-refractivity contribution is 0.272. The zero-order valence-electron chi connectivity index (χ0n) is 5.83. The Labute approximate surface area is 60.4 Å². The molecule has 0 saturated carbocycles. The van der Waals surface area contributed by atoms with E-state index in [-0.39, 0.29) is 6.61 Å². The van der Waals surface area contributed by atoms with Crippen LogP contribution < -0.4 is 0 Å². The summed E-state index contributed by atoms with van der Waals surface area (Å²) in [6.07, 6.45) is 3.73. The Morgan fingerprint density at radius 1 is 1.70 bits per heavy atom. The van der Waals surface area contributed by atoms with E-state index in [1.165, 1.54) is 0 Å². The monoisotopic (exact) mass is 137 g/mol. The first-order chi connectivity index (χ1) is 4.88. The van der Waals surface area contributed by atoms with Crippen LogP contribution in [0.4, 0.5) is 0 Å². The van der Waals surface area contributed by atoms with Gasteiger partial charge in [-0.15, -0.1) is 6.58 Å². The second-order valence-electron chi connectivity index (χ2n) is 2.10. The van der Waals surface area contributed by atoms with Crippen LogP contribution in [0.25, 0.3) is 0 Å². The van der Waals surface area contributed by atoms with E-state index in [0.29, 0.717) is 0 Å². The number of allylic oxidation sites excluding steroid dienone is 1. The van der Waals surface area contributed by atoms with Crippen LogP contribution in [0.5, 0.6) is 0 Å². The van der Waals surface area contributed by atoms with Crippen molar-refractivity contribution < 1.29 is 5.11 Å². The van der Waals surface area contributed by atoms with Crippen LogP contribution in [0.15, 0.2) is 31.0 Å². The highest BCUT2D eigenvalue weighted by Crippen LogP contribution is 2.01. The van der Waals surface area contributed by atoms with Gasteiger partial charge < -0.3 is 9.67 Å². The summed E-state index contributed by atoms with van der Waals surface area (Å²) in [6.45, 7) is 4.47. The van der Waals surface area contributed by atoms with Gasteiger partial charge in [-0.25, -0.2) is 0 Å². The fourth-order valence-electron chi connectivity index (χ4n) is 0.910. The highest BCUT2D eigenvalue weighted by Gasteiger charge is 1.94. The quantitative estimate of drug-likeness (QED) is 0.621. The van der Waals surface area contributed by atoms with Crippen molar-refractivity contribution >= 4 is 0 Å². The van der Waals surface area contributed by atoms with E-state index in [4.69, 9.17) is 5.11 Å². The predicted molar refractivity (Wildman–Crippen MR) is 40.6 cm³/mol. The molecule has 0 unspecified atom stereocenters. The second-order valence-corrected chi connectivity index (χ2v) is 2.10. The van der Waals surface area contributed by atoms with Crippen molar-refractivity contribution in [1.29, 1.82) is 0 Å². The molecule has 1 rings (SSSR count). The maximum absolute atomic E-state index is 8.78. The van der Waals surface area contributed by atoms with Crippen LogP contribution in [-0.4, -0.2) is 9.67 Å². The molecule has 0 spiro atoms. The molecular weight excluding hydrogens is 126 g/mol. The maximum atomic E-state index is 8.78. The molecule has 10 heavy (non-hydrogen) atoms. The molecule has 0 saturated heterocycles. The summed E-state index contributed by atoms with van der Waals surface area (Å²) in [5.74, 6) is 0. The molecule has 54 valence electrons. The highest BCUT2D eigenvalue weighted by molar-refractivity contribution is 5.06. The SMILES string of the molecule is C=CCn1cccc1CO. The summed E-state index contributed by atoms with van der Waals surface area (Å²) in [5.41, 5.74) is 0.930. The van der Waals surface area contributed by atoms with Crippen LogP contribution in [0, 0.1) is 0 Å². The molecule has 0 radical (unpaired) electrons. The fraction of sp³-hybridized carbons (Fsp3) is 0.250. The molecule has 0 aromatic carbocycles. The van der Waals surface area contributed by atoms with Crippen molar-refractivity contribution in [2.45, 2.75) is 13.2 Å². The Hall–Kier alpha value is -1.02. The molecule has 2 heteroatoms. The summed E-state index contributed by atoms with van der Waals surface area (Å²) >= 11 is 0. The van der Waals surface area contributed by atoms with Gasteiger partial charge in [-0.05, 0) is 12.1 Å². The summed E-state index contributed by atoms with van der Waals surface area (Å²) in [4.78, 5) is 0. The molecule has 0 amide bonds. The van der Waals surface area contributed by atoms with Crippen LogP contribution >= 0.6 is 0 Å². The first-order valence-electron chi connectivity index (χ1n) is 3.24. The number of rotatable bonds is 3. The number of aromatic nitrogens is 1. The van der Waals surface area contributed by atoms with Gasteiger partial charge in [0.1, 0.15) is 0 Å². The van der Waals surface area contributed by atoms with Crippen molar-refractivity contribution in [1.82, 2.24) is 4.57 Å². The lowest BCUT2D eigenvalue weighted by atomic mass is 10.4. The van der Waals surface area contributed by atoms with Crippen molar-refractivity contribution in [2.75, 3.05) is 0 Å². The normalized spacial score (nSPS) is 9.70. The first-order valence-corrected chi connectivity index (χ1v) is 3.24. The predicted octanol–water partition coefficient (Wildman–Crippen LogP) is 1.17. The van der Waals surface area contributed by atoms with Gasteiger partial charge in [0.15, 0.2) is 0 Å². The molecule has 1 N–H and O–H groups in total. The van der Waals surface area contributed by atoms with Gasteiger partial charge in [0.05, 0.1) is 6.61 Å². The van der Waals surface area contributed by atoms with Crippen molar-refractivity contribution in [3.63, 3.8) is 0 Å². The Kier molecular flexibility index (Phi) is 2.29. The number of aliphatic hydroxyl groups excluding tert-OH is 1. The zero-order valence-corrected chi connectivity index (χ0v) is 5.83. The molecule has 0 atom stereocenters. The Balaban J connectivity index is 2.79. The molecular formula is C8H11NO. The van der Waals surface area contributed by atoms with Gasteiger partial charge >= 0.3 is 0 Å². The van der Waals surface area contributed by atoms with Gasteiger partial charge in [-0.3, -0.25) is 0 Å². The number of hydrogen-bond acceptors (Lipinski definition) is 1. The third-order valence-electron chi connectivity index (χ3n) is 1.41. The number of hydrogen-bond donors (Lipinski definition) is 1. The van der Waals surface area contributed by atoms with E-state index < -0.39 is 0 Å². The average Bonchev–Trinajstić information content (AvgIpc) is 2.36. The third-order valence-corrected chi connectivity index (χ3v) is 1.41. The summed E-state index contributed by atoms with van der Waals surface area (Å²) in [7, 11) is 0. The van der Waals surface area contributed by atoms with E-state index in [1.807, 2.05) is 22.9 Å². The summed E-state index contributed by atoms with van der Waals surface area (Å²) in [5, 5.41) is 8.78. The number of aliphatic hydroxyl groups is 1. The Bertz CT molecular complexity index is 215. The topological polar surface area (TPSA) is 25.2 Å². The Morgan fingerprint density at radius 3 is 3.10 bits per heavy atom. The van der Waals surface area contributed by atoms with Crippen molar-refractivity contribution in [3.8, 4) is 0 Å². The molecule has 0 aliphatic carbocycles. The second kappa shape index (κ2) is 3.22. The fourth-order valence-corrected chi connectivity index (χ4v) is 0.910. The maximum Gasteiger partial charge on any atom is 0.0832 e. The molecule has 0 fully saturated rings. The third kappa shape index (κ3) is 1.28. The van der Waals surface area contributed by atoms with Crippen LogP contribution in [0.2, 0.25) is 0 Å². The minimum atomic E-state index is 0.0981. The van der Waals surface area contributed by atoms with Crippen molar-refractivity contribution in [3.05, 3.63) is 36.7 Å². The van der Waals surface area contributed by atoms with Gasteiger partial charge in [-0.2, -0.15) is 0 Å². The minimum Gasteiger partial charge on any atom is -0.390 e. The van der Waals surface area contributed by atoms with E-state index in [1.54, 1.807) is 6.08 Å². The average molecular weight is 137 g/mol. The van der Waals surface area contributed by atoms with Gasteiger partial charge in [0.25, 0.3) is 0 Å². The molecule has 0 aliphatic rings. The van der Waals surface area contributed by atoms with E-state index in [0.717, 1.165) is 12.2 Å². The standard InChI is InChI=1S/C8H11NO/c1-2-5-9-6-3-4-8(9)7-10/h2-4,6,10H,1,5,7H2. The molecule has 0 aliphatic heterocycles.